The van der Waals surface area contributed by atoms with Gasteiger partial charge in [0.2, 0.25) is 5.91 Å². The van der Waals surface area contributed by atoms with E-state index in [0.29, 0.717) is 0 Å². The topological polar surface area (TPSA) is 55.4 Å². The van der Waals surface area contributed by atoms with E-state index in [1.54, 1.807) is 19.1 Å². The molecule has 1 unspecified atom stereocenters. The van der Waals surface area contributed by atoms with E-state index in [9.17, 15) is 4.79 Å². The quantitative estimate of drug-likeness (QED) is 0.555. The molecule has 1 aliphatic heterocycles. The molecule has 1 amide bonds. The van der Waals surface area contributed by atoms with Crippen LogP contribution in [0.5, 0.6) is 0 Å². The lowest BCUT2D eigenvalue weighted by Gasteiger charge is -2.11. The van der Waals surface area contributed by atoms with Crippen LogP contribution in [0.3, 0.4) is 0 Å². The zero-order valence-electron chi connectivity index (χ0n) is 6.09. The lowest BCUT2D eigenvalue weighted by Crippen LogP contribution is -2.36. The number of primary amides is 1. The first-order chi connectivity index (χ1) is 4.54. The van der Waals surface area contributed by atoms with Gasteiger partial charge in [0.1, 0.15) is 0 Å². The largest absolute Gasteiger partial charge is 0.367 e. The summed E-state index contributed by atoms with van der Waals surface area (Å²) in [4.78, 5) is 14.8. The molecule has 3 nitrogen and oxygen atoms in total. The Kier molecular flexibility index (Phi) is 1.35. The molecule has 0 bridgehead atoms. The van der Waals surface area contributed by atoms with Crippen LogP contribution in [0.25, 0.3) is 0 Å². The van der Waals surface area contributed by atoms with Gasteiger partial charge in [0.15, 0.2) is 5.54 Å². The van der Waals surface area contributed by atoms with E-state index >= 15 is 0 Å². The number of nitrogens with two attached hydrogens (primary N) is 1. The van der Waals surface area contributed by atoms with Crippen molar-refractivity contribution in [2.45, 2.75) is 19.4 Å². The average Bonchev–Trinajstić information content (AvgIpc) is 2.13. The van der Waals surface area contributed by atoms with E-state index < -0.39 is 11.4 Å². The molecule has 0 spiro atoms. The molecule has 3 heteroatoms. The number of rotatable bonds is 1. The van der Waals surface area contributed by atoms with E-state index in [4.69, 9.17) is 5.73 Å². The Balaban J connectivity index is 2.95. The Hall–Kier alpha value is -1.12. The molecule has 0 saturated heterocycles. The molecule has 54 valence electrons. The van der Waals surface area contributed by atoms with Crippen molar-refractivity contribution in [1.29, 1.82) is 0 Å². The number of nitrogens with zero attached hydrogens (tertiary/aromatic N) is 1. The fourth-order valence-corrected chi connectivity index (χ4v) is 0.861. The summed E-state index contributed by atoms with van der Waals surface area (Å²) in [5.74, 6) is -0.402. The summed E-state index contributed by atoms with van der Waals surface area (Å²) in [7, 11) is 0. The predicted octanol–water partition coefficient (Wildman–Crippen LogP) is 0.261. The maximum absolute atomic E-state index is 10.7. The zero-order valence-corrected chi connectivity index (χ0v) is 6.09. The second kappa shape index (κ2) is 1.94. The molecule has 0 aliphatic carbocycles. The summed E-state index contributed by atoms with van der Waals surface area (Å²) in [6, 6.07) is 0. The van der Waals surface area contributed by atoms with Crippen molar-refractivity contribution >= 4 is 11.6 Å². The molecular formula is C7H10N2O. The van der Waals surface area contributed by atoms with Crippen molar-refractivity contribution in [1.82, 2.24) is 0 Å². The molecule has 10 heavy (non-hydrogen) atoms. The smallest absolute Gasteiger partial charge is 0.249 e. The normalized spacial score (nSPS) is 30.4. The predicted molar refractivity (Wildman–Crippen MR) is 39.8 cm³/mol. The third kappa shape index (κ3) is 0.943. The zero-order chi connectivity index (χ0) is 7.78. The maximum atomic E-state index is 10.7. The van der Waals surface area contributed by atoms with E-state index in [1.165, 1.54) is 0 Å². The molecule has 1 heterocycles. The van der Waals surface area contributed by atoms with Crippen molar-refractivity contribution in [3.05, 3.63) is 12.2 Å². The van der Waals surface area contributed by atoms with E-state index in [2.05, 4.69) is 4.99 Å². The summed E-state index contributed by atoms with van der Waals surface area (Å²) >= 11 is 0. The van der Waals surface area contributed by atoms with E-state index in [0.717, 1.165) is 5.71 Å². The van der Waals surface area contributed by atoms with Crippen molar-refractivity contribution < 1.29 is 4.79 Å². The lowest BCUT2D eigenvalue weighted by atomic mass is 10.0. The third-order valence-corrected chi connectivity index (χ3v) is 1.56. The van der Waals surface area contributed by atoms with Gasteiger partial charge in [-0.25, -0.2) is 0 Å². The highest BCUT2D eigenvalue weighted by molar-refractivity contribution is 6.01. The highest BCUT2D eigenvalue weighted by atomic mass is 16.1. The average molecular weight is 138 g/mol. The molecule has 1 aliphatic rings. The molecule has 0 fully saturated rings. The molecule has 0 aromatic carbocycles. The summed E-state index contributed by atoms with van der Waals surface area (Å²) < 4.78 is 0. The Bertz CT molecular complexity index is 230. The molecule has 0 aromatic rings. The van der Waals surface area contributed by atoms with Crippen LogP contribution in [0.4, 0.5) is 0 Å². The standard InChI is InChI=1S/C7H10N2O/c1-5-3-4-7(2,9-5)6(8)10/h3-4H,1-2H3,(H2,8,10). The number of hydrogen-bond acceptors (Lipinski definition) is 2. The molecular weight excluding hydrogens is 128 g/mol. The SMILES string of the molecule is CC1=NC(C)(C(N)=O)C=C1. The number of allylic oxidation sites excluding steroid dienone is 1. The molecule has 0 radical (unpaired) electrons. The monoisotopic (exact) mass is 138 g/mol. The Morgan fingerprint density at radius 3 is 2.60 bits per heavy atom. The van der Waals surface area contributed by atoms with Crippen molar-refractivity contribution in [3.8, 4) is 0 Å². The van der Waals surface area contributed by atoms with Gasteiger partial charge in [-0.2, -0.15) is 0 Å². The maximum Gasteiger partial charge on any atom is 0.249 e. The summed E-state index contributed by atoms with van der Waals surface area (Å²) in [6.07, 6.45) is 3.51. The van der Waals surface area contributed by atoms with Gasteiger partial charge in [0.25, 0.3) is 0 Å². The van der Waals surface area contributed by atoms with Crippen molar-refractivity contribution in [2.24, 2.45) is 10.7 Å². The van der Waals surface area contributed by atoms with Crippen LogP contribution in [0.1, 0.15) is 13.8 Å². The van der Waals surface area contributed by atoms with Gasteiger partial charge in [0.05, 0.1) is 0 Å². The van der Waals surface area contributed by atoms with Gasteiger partial charge < -0.3 is 5.73 Å². The Morgan fingerprint density at radius 2 is 2.40 bits per heavy atom. The fourth-order valence-electron chi connectivity index (χ4n) is 0.861. The minimum atomic E-state index is -0.788. The molecule has 0 saturated carbocycles. The van der Waals surface area contributed by atoms with Crippen LogP contribution in [-0.2, 0) is 4.79 Å². The second-order valence-electron chi connectivity index (χ2n) is 2.60. The minimum Gasteiger partial charge on any atom is -0.367 e. The van der Waals surface area contributed by atoms with Gasteiger partial charge in [-0.15, -0.1) is 0 Å². The number of amides is 1. The molecule has 2 N–H and O–H groups in total. The molecule has 1 atom stereocenters. The van der Waals surface area contributed by atoms with Crippen molar-refractivity contribution in [3.63, 3.8) is 0 Å². The first-order valence-corrected chi connectivity index (χ1v) is 3.10. The van der Waals surface area contributed by atoms with Gasteiger partial charge in [0, 0.05) is 5.71 Å². The van der Waals surface area contributed by atoms with Crippen LogP contribution in [0.15, 0.2) is 17.1 Å². The van der Waals surface area contributed by atoms with Crippen molar-refractivity contribution in [2.75, 3.05) is 0 Å². The van der Waals surface area contributed by atoms with E-state index in [-0.39, 0.29) is 0 Å². The Labute approximate surface area is 59.6 Å². The van der Waals surface area contributed by atoms with Crippen LogP contribution >= 0.6 is 0 Å². The summed E-state index contributed by atoms with van der Waals surface area (Å²) in [5, 5.41) is 0. The third-order valence-electron chi connectivity index (χ3n) is 1.56. The van der Waals surface area contributed by atoms with Gasteiger partial charge in [-0.05, 0) is 26.0 Å². The van der Waals surface area contributed by atoms with E-state index in [1.807, 2.05) is 6.92 Å². The van der Waals surface area contributed by atoms with Gasteiger partial charge in [-0.1, -0.05) is 0 Å². The lowest BCUT2D eigenvalue weighted by molar-refractivity contribution is -0.120. The fraction of sp³-hybridized carbons (Fsp3) is 0.429. The van der Waals surface area contributed by atoms with Crippen LogP contribution in [-0.4, -0.2) is 17.2 Å². The van der Waals surface area contributed by atoms with Gasteiger partial charge in [-0.3, -0.25) is 9.79 Å². The van der Waals surface area contributed by atoms with Gasteiger partial charge >= 0.3 is 0 Å². The number of aliphatic imine (C=N–C) groups is 1. The second-order valence-corrected chi connectivity index (χ2v) is 2.60. The Morgan fingerprint density at radius 1 is 1.80 bits per heavy atom. The number of hydrogen-bond donors (Lipinski definition) is 1. The highest BCUT2D eigenvalue weighted by Crippen LogP contribution is 2.17. The summed E-state index contributed by atoms with van der Waals surface area (Å²) in [6.45, 7) is 3.53. The summed E-state index contributed by atoms with van der Waals surface area (Å²) in [5.41, 5.74) is 5.16. The number of carbonyl (C=O) groups is 1. The highest BCUT2D eigenvalue weighted by Gasteiger charge is 2.29. The minimum absolute atomic E-state index is 0.402. The first kappa shape index (κ1) is 6.99. The first-order valence-electron chi connectivity index (χ1n) is 3.10. The number of carbonyl (C=O) groups excluding carboxylic acids is 1. The van der Waals surface area contributed by atoms with Crippen LogP contribution in [0, 0.1) is 0 Å². The van der Waals surface area contributed by atoms with Crippen LogP contribution in [0.2, 0.25) is 0 Å². The molecule has 0 aromatic heterocycles. The van der Waals surface area contributed by atoms with Crippen LogP contribution < -0.4 is 5.73 Å². The molecule has 1 rings (SSSR count).